The lowest BCUT2D eigenvalue weighted by molar-refractivity contribution is -0.129. The summed E-state index contributed by atoms with van der Waals surface area (Å²) in [6.45, 7) is 2.19. The van der Waals surface area contributed by atoms with Crippen molar-refractivity contribution in [2.75, 3.05) is 6.61 Å². The molecule has 0 saturated carbocycles. The molecule has 0 atom stereocenters. The second kappa shape index (κ2) is 12.2. The minimum atomic E-state index is -0.535. The summed E-state index contributed by atoms with van der Waals surface area (Å²) in [5.41, 5.74) is 2.45. The summed E-state index contributed by atoms with van der Waals surface area (Å²) in [6, 6.07) is 28.6. The van der Waals surface area contributed by atoms with Crippen LogP contribution in [0.15, 0.2) is 113 Å². The maximum atomic E-state index is 13.4. The summed E-state index contributed by atoms with van der Waals surface area (Å²) >= 11 is 6.07. The Morgan fingerprint density at radius 3 is 2.45 bits per heavy atom. The first-order chi connectivity index (χ1) is 19.5. The molecule has 0 amide bonds. The van der Waals surface area contributed by atoms with Gasteiger partial charge in [-0.25, -0.2) is 9.78 Å². The van der Waals surface area contributed by atoms with Crippen LogP contribution in [-0.4, -0.2) is 28.5 Å². The molecule has 1 heterocycles. The van der Waals surface area contributed by atoms with Gasteiger partial charge in [-0.1, -0.05) is 54.1 Å². The first-order valence-electron chi connectivity index (χ1n) is 12.6. The number of aromatic nitrogens is 2. The molecule has 0 aliphatic heterocycles. The van der Waals surface area contributed by atoms with E-state index in [1.54, 1.807) is 66.7 Å². The van der Waals surface area contributed by atoms with Crippen LogP contribution in [0.1, 0.15) is 18.1 Å². The average molecular weight is 550 g/mol. The molecule has 0 unspecified atom stereocenters. The number of ether oxygens (including phenoxy) is 2. The molecule has 7 nitrogen and oxygen atoms in total. The molecule has 0 N–H and O–H groups in total. The third-order valence-corrected chi connectivity index (χ3v) is 6.12. The van der Waals surface area contributed by atoms with Gasteiger partial charge in [0.15, 0.2) is 17.3 Å². The normalized spacial score (nSPS) is 11.3. The van der Waals surface area contributed by atoms with E-state index in [0.717, 1.165) is 5.56 Å². The quantitative estimate of drug-likeness (QED) is 0.0940. The predicted molar refractivity (Wildman–Crippen MR) is 158 cm³/mol. The molecule has 0 bridgehead atoms. The number of benzene rings is 4. The lowest BCUT2D eigenvalue weighted by Gasteiger charge is -2.11. The van der Waals surface area contributed by atoms with Crippen molar-refractivity contribution >= 4 is 40.8 Å². The van der Waals surface area contributed by atoms with Crippen LogP contribution in [0, 0.1) is 0 Å². The minimum Gasteiger partial charge on any atom is -0.490 e. The smallest absolute Gasteiger partial charge is 0.336 e. The van der Waals surface area contributed by atoms with Gasteiger partial charge < -0.3 is 9.47 Å². The average Bonchev–Trinajstić information content (AvgIpc) is 2.98. The summed E-state index contributed by atoms with van der Waals surface area (Å²) in [4.78, 5) is 30.5. The van der Waals surface area contributed by atoms with Crippen LogP contribution in [0.3, 0.4) is 0 Å². The Morgan fingerprint density at radius 2 is 1.68 bits per heavy atom. The molecule has 0 saturated heterocycles. The summed E-state index contributed by atoms with van der Waals surface area (Å²) in [5, 5.41) is 5.50. The molecule has 0 aliphatic carbocycles. The molecule has 0 aliphatic rings. The van der Waals surface area contributed by atoms with Crippen LogP contribution in [-0.2, 0) is 4.79 Å². The Morgan fingerprint density at radius 1 is 0.925 bits per heavy atom. The molecule has 40 heavy (non-hydrogen) atoms. The number of hydrogen-bond donors (Lipinski definition) is 0. The van der Waals surface area contributed by atoms with Gasteiger partial charge in [-0.3, -0.25) is 4.79 Å². The largest absolute Gasteiger partial charge is 0.490 e. The number of rotatable bonds is 8. The van der Waals surface area contributed by atoms with Crippen LogP contribution < -0.4 is 15.0 Å². The van der Waals surface area contributed by atoms with Gasteiger partial charge in [-0.05, 0) is 78.7 Å². The van der Waals surface area contributed by atoms with Crippen molar-refractivity contribution in [1.29, 1.82) is 0 Å². The van der Waals surface area contributed by atoms with E-state index in [9.17, 15) is 9.59 Å². The van der Waals surface area contributed by atoms with Crippen molar-refractivity contribution in [2.24, 2.45) is 5.10 Å². The predicted octanol–water partition coefficient (Wildman–Crippen LogP) is 6.62. The van der Waals surface area contributed by atoms with Gasteiger partial charge in [0.05, 0.1) is 23.7 Å². The van der Waals surface area contributed by atoms with E-state index >= 15 is 0 Å². The molecular weight excluding hydrogens is 526 g/mol. The van der Waals surface area contributed by atoms with Crippen molar-refractivity contribution in [1.82, 2.24) is 9.66 Å². The SMILES string of the molecule is CCOc1cc(C=Nn2c(-c3ccc(Cl)cc3)nc3ccccc3c2=O)ccc1OC(=O)/C=C/c1ccccc1. The van der Waals surface area contributed by atoms with Crippen molar-refractivity contribution in [3.8, 4) is 22.9 Å². The Bertz CT molecular complexity index is 1780. The molecule has 8 heteroatoms. The van der Waals surface area contributed by atoms with E-state index in [2.05, 4.69) is 5.10 Å². The standard InChI is InChI=1S/C32H24ClN3O4/c1-2-39-29-20-23(12-18-28(29)40-30(37)19-13-22-8-4-3-5-9-22)21-34-36-31(24-14-16-25(33)17-15-24)35-27-11-7-6-10-26(27)32(36)38/h3-21H,2H2,1H3/b19-13+,34-21?. The number of esters is 1. The van der Waals surface area contributed by atoms with E-state index in [4.69, 9.17) is 26.1 Å². The van der Waals surface area contributed by atoms with Crippen molar-refractivity contribution < 1.29 is 14.3 Å². The lowest BCUT2D eigenvalue weighted by Crippen LogP contribution is -2.20. The lowest BCUT2D eigenvalue weighted by atomic mass is 10.2. The Balaban J connectivity index is 1.46. The number of carbonyl (C=O) groups is 1. The van der Waals surface area contributed by atoms with E-state index in [1.165, 1.54) is 17.0 Å². The highest BCUT2D eigenvalue weighted by Gasteiger charge is 2.13. The van der Waals surface area contributed by atoms with Crippen LogP contribution in [0.5, 0.6) is 11.5 Å². The number of halogens is 1. The van der Waals surface area contributed by atoms with Crippen LogP contribution in [0.2, 0.25) is 5.02 Å². The zero-order valence-corrected chi connectivity index (χ0v) is 22.3. The van der Waals surface area contributed by atoms with Gasteiger partial charge in [-0.15, -0.1) is 0 Å². The van der Waals surface area contributed by atoms with Gasteiger partial charge in [0.2, 0.25) is 0 Å². The number of nitrogens with zero attached hydrogens (tertiary/aromatic N) is 3. The number of fused-ring (bicyclic) bond motifs is 1. The molecule has 198 valence electrons. The Kier molecular flexibility index (Phi) is 8.13. The van der Waals surface area contributed by atoms with Crippen molar-refractivity contribution in [2.45, 2.75) is 6.92 Å². The van der Waals surface area contributed by atoms with Crippen LogP contribution >= 0.6 is 11.6 Å². The highest BCUT2D eigenvalue weighted by Crippen LogP contribution is 2.29. The van der Waals surface area contributed by atoms with Crippen molar-refractivity contribution in [3.05, 3.63) is 130 Å². The Labute approximate surface area is 235 Å². The van der Waals surface area contributed by atoms with Gasteiger partial charge in [0.25, 0.3) is 5.56 Å². The van der Waals surface area contributed by atoms with E-state index in [0.29, 0.717) is 45.2 Å². The summed E-state index contributed by atoms with van der Waals surface area (Å²) in [5.74, 6) is 0.480. The van der Waals surface area contributed by atoms with E-state index in [-0.39, 0.29) is 11.3 Å². The molecule has 0 fully saturated rings. The second-order valence-electron chi connectivity index (χ2n) is 8.63. The highest BCUT2D eigenvalue weighted by atomic mass is 35.5. The molecule has 0 spiro atoms. The minimum absolute atomic E-state index is 0.271. The summed E-state index contributed by atoms with van der Waals surface area (Å²) in [7, 11) is 0. The fourth-order valence-electron chi connectivity index (χ4n) is 3.97. The summed E-state index contributed by atoms with van der Waals surface area (Å²) in [6.07, 6.45) is 4.57. The topological polar surface area (TPSA) is 82.8 Å². The van der Waals surface area contributed by atoms with Crippen LogP contribution in [0.25, 0.3) is 28.4 Å². The fourth-order valence-corrected chi connectivity index (χ4v) is 4.10. The highest BCUT2D eigenvalue weighted by molar-refractivity contribution is 6.30. The van der Waals surface area contributed by atoms with Gasteiger partial charge in [0.1, 0.15) is 0 Å². The number of hydrogen-bond acceptors (Lipinski definition) is 6. The summed E-state index contributed by atoms with van der Waals surface area (Å²) < 4.78 is 12.5. The third kappa shape index (κ3) is 6.17. The number of para-hydroxylation sites is 1. The molecule has 1 aromatic heterocycles. The van der Waals surface area contributed by atoms with E-state index in [1.807, 2.05) is 43.3 Å². The molecule has 0 radical (unpaired) electrons. The monoisotopic (exact) mass is 549 g/mol. The zero-order chi connectivity index (χ0) is 27.9. The first-order valence-corrected chi connectivity index (χ1v) is 12.9. The van der Waals surface area contributed by atoms with Gasteiger partial charge >= 0.3 is 5.97 Å². The Hall–Kier alpha value is -5.01. The maximum Gasteiger partial charge on any atom is 0.336 e. The second-order valence-corrected chi connectivity index (χ2v) is 9.06. The zero-order valence-electron chi connectivity index (χ0n) is 21.5. The molecule has 4 aromatic carbocycles. The fraction of sp³-hybridized carbons (Fsp3) is 0.0625. The first kappa shape index (κ1) is 26.6. The van der Waals surface area contributed by atoms with Gasteiger partial charge in [0, 0.05) is 16.7 Å². The van der Waals surface area contributed by atoms with Crippen LogP contribution in [0.4, 0.5) is 0 Å². The molecule has 5 aromatic rings. The molecular formula is C32H24ClN3O4. The maximum absolute atomic E-state index is 13.4. The molecule has 5 rings (SSSR count). The third-order valence-electron chi connectivity index (χ3n) is 5.87. The van der Waals surface area contributed by atoms with Crippen molar-refractivity contribution in [3.63, 3.8) is 0 Å². The van der Waals surface area contributed by atoms with Gasteiger partial charge in [-0.2, -0.15) is 9.78 Å². The number of carbonyl (C=O) groups excluding carboxylic acids is 1. The van der Waals surface area contributed by atoms with E-state index < -0.39 is 5.97 Å².